The number of fused-ring (bicyclic) bond motifs is 1. The molecule has 8 heteroatoms. The molecule has 2 aromatic carbocycles. The summed E-state index contributed by atoms with van der Waals surface area (Å²) >= 11 is 1.74. The molecule has 0 bridgehead atoms. The zero-order chi connectivity index (χ0) is 20.6. The fourth-order valence-corrected chi connectivity index (χ4v) is 5.60. The normalized spacial score (nSPS) is 15.9. The maximum atomic E-state index is 12.8. The summed E-state index contributed by atoms with van der Waals surface area (Å²) in [5.41, 5.74) is 1.56. The number of piperidine rings is 1. The molecule has 1 saturated heterocycles. The quantitative estimate of drug-likeness (QED) is 0.636. The molecule has 0 radical (unpaired) electrons. The van der Waals surface area contributed by atoms with Crippen LogP contribution in [0.3, 0.4) is 0 Å². The van der Waals surface area contributed by atoms with Gasteiger partial charge in [-0.05, 0) is 49.2 Å². The number of likely N-dealkylation sites (tertiary alicyclic amines) is 1. The number of rotatable bonds is 4. The Bertz CT molecular complexity index is 1100. The van der Waals surface area contributed by atoms with E-state index in [1.807, 2.05) is 23.1 Å². The summed E-state index contributed by atoms with van der Waals surface area (Å²) in [6.45, 7) is 1.36. The first-order chi connectivity index (χ1) is 13.9. The molecule has 1 aliphatic heterocycles. The molecule has 1 aliphatic rings. The molecule has 0 saturated carbocycles. The van der Waals surface area contributed by atoms with Crippen LogP contribution in [0.5, 0.6) is 0 Å². The molecule has 0 atom stereocenters. The van der Waals surface area contributed by atoms with Crippen LogP contribution >= 0.6 is 11.3 Å². The molecule has 3 aromatic rings. The zero-order valence-electron chi connectivity index (χ0n) is 16.4. The van der Waals surface area contributed by atoms with Gasteiger partial charge in [0.15, 0.2) is 0 Å². The van der Waals surface area contributed by atoms with Crippen molar-refractivity contribution in [1.29, 1.82) is 0 Å². The average molecular weight is 430 g/mol. The summed E-state index contributed by atoms with van der Waals surface area (Å²) < 4.78 is 26.7. The second kappa shape index (κ2) is 7.85. The van der Waals surface area contributed by atoms with Crippen LogP contribution in [0.4, 0.5) is 0 Å². The molecule has 1 amide bonds. The SMILES string of the molecule is CN(C)S(=O)(=O)c1ccc(C(=O)N2CCC(c3nc4ccccc4s3)CC2)cc1. The second-order valence-electron chi connectivity index (χ2n) is 7.40. The Morgan fingerprint density at radius 1 is 1.07 bits per heavy atom. The van der Waals surface area contributed by atoms with Gasteiger partial charge in [0.2, 0.25) is 10.0 Å². The van der Waals surface area contributed by atoms with Gasteiger partial charge in [-0.1, -0.05) is 12.1 Å². The van der Waals surface area contributed by atoms with Gasteiger partial charge in [-0.3, -0.25) is 4.79 Å². The highest BCUT2D eigenvalue weighted by Gasteiger charge is 2.27. The number of sulfonamides is 1. The van der Waals surface area contributed by atoms with E-state index in [0.29, 0.717) is 24.6 Å². The minimum atomic E-state index is -3.49. The summed E-state index contributed by atoms with van der Waals surface area (Å²) in [5, 5.41) is 1.15. The van der Waals surface area contributed by atoms with Gasteiger partial charge in [-0.25, -0.2) is 17.7 Å². The number of aromatic nitrogens is 1. The van der Waals surface area contributed by atoms with E-state index in [9.17, 15) is 13.2 Å². The van der Waals surface area contributed by atoms with Gasteiger partial charge >= 0.3 is 0 Å². The Morgan fingerprint density at radius 3 is 2.34 bits per heavy atom. The number of benzene rings is 2. The Morgan fingerprint density at radius 2 is 1.72 bits per heavy atom. The Kier molecular flexibility index (Phi) is 5.42. The molecule has 29 heavy (non-hydrogen) atoms. The molecule has 6 nitrogen and oxygen atoms in total. The summed E-state index contributed by atoms with van der Waals surface area (Å²) in [4.78, 5) is 19.6. The molecule has 0 N–H and O–H groups in total. The number of carbonyl (C=O) groups excluding carboxylic acids is 1. The molecule has 152 valence electrons. The number of hydrogen-bond acceptors (Lipinski definition) is 5. The molecule has 1 aromatic heterocycles. The smallest absolute Gasteiger partial charge is 0.253 e. The van der Waals surface area contributed by atoms with Gasteiger partial charge in [0.05, 0.1) is 20.1 Å². The first-order valence-electron chi connectivity index (χ1n) is 9.53. The number of thiazole rings is 1. The minimum Gasteiger partial charge on any atom is -0.339 e. The maximum Gasteiger partial charge on any atom is 0.253 e. The molecule has 0 unspecified atom stereocenters. The molecular weight excluding hydrogens is 406 g/mol. The van der Waals surface area contributed by atoms with Crippen molar-refractivity contribution in [3.05, 3.63) is 59.1 Å². The molecule has 1 fully saturated rings. The van der Waals surface area contributed by atoms with Crippen molar-refractivity contribution in [1.82, 2.24) is 14.2 Å². The third-order valence-electron chi connectivity index (χ3n) is 5.32. The van der Waals surface area contributed by atoms with E-state index in [0.717, 1.165) is 27.7 Å². The van der Waals surface area contributed by atoms with Crippen molar-refractivity contribution >= 4 is 37.5 Å². The van der Waals surface area contributed by atoms with Gasteiger partial charge in [0.1, 0.15) is 0 Å². The fraction of sp³-hybridized carbons (Fsp3) is 0.333. The van der Waals surface area contributed by atoms with Gasteiger partial charge in [0.25, 0.3) is 5.91 Å². The van der Waals surface area contributed by atoms with Crippen molar-refractivity contribution in [2.75, 3.05) is 27.2 Å². The zero-order valence-corrected chi connectivity index (χ0v) is 18.0. The van der Waals surface area contributed by atoms with Gasteiger partial charge in [0, 0.05) is 38.7 Å². The van der Waals surface area contributed by atoms with Gasteiger partial charge in [-0.2, -0.15) is 0 Å². The van der Waals surface area contributed by atoms with E-state index in [1.54, 1.807) is 23.5 Å². The predicted molar refractivity (Wildman–Crippen MR) is 115 cm³/mol. The van der Waals surface area contributed by atoms with Gasteiger partial charge in [-0.15, -0.1) is 11.3 Å². The van der Waals surface area contributed by atoms with Crippen LogP contribution < -0.4 is 0 Å². The van der Waals surface area contributed by atoms with E-state index < -0.39 is 10.0 Å². The van der Waals surface area contributed by atoms with E-state index in [-0.39, 0.29) is 10.8 Å². The highest BCUT2D eigenvalue weighted by Crippen LogP contribution is 2.34. The number of para-hydroxylation sites is 1. The van der Waals surface area contributed by atoms with Crippen LogP contribution in [-0.4, -0.2) is 55.7 Å². The van der Waals surface area contributed by atoms with Crippen molar-refractivity contribution in [2.24, 2.45) is 0 Å². The summed E-state index contributed by atoms with van der Waals surface area (Å²) in [5.74, 6) is 0.325. The van der Waals surface area contributed by atoms with Crippen LogP contribution in [0.2, 0.25) is 0 Å². The van der Waals surface area contributed by atoms with Gasteiger partial charge < -0.3 is 4.90 Å². The van der Waals surface area contributed by atoms with Crippen LogP contribution in [0.15, 0.2) is 53.4 Å². The number of hydrogen-bond donors (Lipinski definition) is 0. The lowest BCUT2D eigenvalue weighted by atomic mass is 9.97. The van der Waals surface area contributed by atoms with Crippen LogP contribution in [0.25, 0.3) is 10.2 Å². The maximum absolute atomic E-state index is 12.8. The van der Waals surface area contributed by atoms with Crippen LogP contribution in [0.1, 0.15) is 34.1 Å². The highest BCUT2D eigenvalue weighted by molar-refractivity contribution is 7.89. The van der Waals surface area contributed by atoms with Crippen LogP contribution in [0, 0.1) is 0 Å². The highest BCUT2D eigenvalue weighted by atomic mass is 32.2. The Balaban J connectivity index is 1.42. The Labute approximate surface area is 174 Å². The van der Waals surface area contributed by atoms with E-state index >= 15 is 0 Å². The number of carbonyl (C=O) groups is 1. The van der Waals surface area contributed by atoms with Crippen LogP contribution in [-0.2, 0) is 10.0 Å². The Hall–Kier alpha value is -2.29. The standard InChI is InChI=1S/C21H23N3O3S2/c1-23(2)29(26,27)17-9-7-16(8-10-17)21(25)24-13-11-15(12-14-24)20-22-18-5-3-4-6-19(18)28-20/h3-10,15H,11-14H2,1-2H3. The van der Waals surface area contributed by atoms with Crippen molar-refractivity contribution in [3.63, 3.8) is 0 Å². The van der Waals surface area contributed by atoms with Crippen molar-refractivity contribution < 1.29 is 13.2 Å². The second-order valence-corrected chi connectivity index (χ2v) is 10.6. The average Bonchev–Trinajstić information content (AvgIpc) is 3.17. The topological polar surface area (TPSA) is 70.6 Å². The van der Waals surface area contributed by atoms with E-state index in [2.05, 4.69) is 6.07 Å². The van der Waals surface area contributed by atoms with Crippen molar-refractivity contribution in [3.8, 4) is 0 Å². The van der Waals surface area contributed by atoms with E-state index in [4.69, 9.17) is 4.98 Å². The lowest BCUT2D eigenvalue weighted by Gasteiger charge is -2.31. The monoisotopic (exact) mass is 429 g/mol. The first kappa shape index (κ1) is 20.0. The third-order valence-corrected chi connectivity index (χ3v) is 8.35. The lowest BCUT2D eigenvalue weighted by molar-refractivity contribution is 0.0713. The molecule has 0 aliphatic carbocycles. The largest absolute Gasteiger partial charge is 0.339 e. The van der Waals surface area contributed by atoms with E-state index in [1.165, 1.54) is 30.9 Å². The number of amides is 1. The third kappa shape index (κ3) is 3.92. The molecule has 2 heterocycles. The summed E-state index contributed by atoms with van der Waals surface area (Å²) in [6.07, 6.45) is 1.78. The molecule has 0 spiro atoms. The molecular formula is C21H23N3O3S2. The molecule has 4 rings (SSSR count). The first-order valence-corrected chi connectivity index (χ1v) is 11.8. The van der Waals surface area contributed by atoms with Crippen molar-refractivity contribution in [2.45, 2.75) is 23.7 Å². The minimum absolute atomic E-state index is 0.0541. The number of nitrogens with zero attached hydrogens (tertiary/aromatic N) is 3. The lowest BCUT2D eigenvalue weighted by Crippen LogP contribution is -2.37. The summed E-state index contributed by atoms with van der Waals surface area (Å²) in [7, 11) is -0.511. The predicted octanol–water partition coefficient (Wildman–Crippen LogP) is 3.57. The summed E-state index contributed by atoms with van der Waals surface area (Å²) in [6, 6.07) is 14.3. The fourth-order valence-electron chi connectivity index (χ4n) is 3.56.